The molecule has 0 bridgehead atoms. The molecule has 1 atom stereocenters. The Hall–Kier alpha value is -2.18. The fourth-order valence-electron chi connectivity index (χ4n) is 1.96. The molecular weight excluding hydrogens is 254 g/mol. The van der Waals surface area contributed by atoms with Crippen molar-refractivity contribution < 1.29 is 0 Å². The summed E-state index contributed by atoms with van der Waals surface area (Å²) in [7, 11) is 3.85. The Kier molecular flexibility index (Phi) is 4.16. The molecule has 2 aromatic rings. The first-order chi connectivity index (χ1) is 9.51. The minimum atomic E-state index is 0.0294. The lowest BCUT2D eigenvalue weighted by molar-refractivity contribution is 0.657. The third-order valence-corrected chi connectivity index (χ3v) is 2.98. The van der Waals surface area contributed by atoms with Gasteiger partial charge in [-0.3, -0.25) is 0 Å². The van der Waals surface area contributed by atoms with Crippen molar-refractivity contribution in [2.75, 3.05) is 24.3 Å². The van der Waals surface area contributed by atoms with E-state index in [-0.39, 0.29) is 6.04 Å². The van der Waals surface area contributed by atoms with Crippen LogP contribution >= 0.6 is 0 Å². The number of aryl methyl sites for hydroxylation is 2. The van der Waals surface area contributed by atoms with Gasteiger partial charge in [0, 0.05) is 32.4 Å². The highest BCUT2D eigenvalue weighted by atomic mass is 15.3. The van der Waals surface area contributed by atoms with Crippen LogP contribution in [0.3, 0.4) is 0 Å². The van der Waals surface area contributed by atoms with E-state index >= 15 is 0 Å². The van der Waals surface area contributed by atoms with E-state index in [2.05, 4.69) is 32.4 Å². The number of hydrogen-bond acceptors (Lipinski definition) is 6. The van der Waals surface area contributed by atoms with E-state index in [0.717, 1.165) is 23.9 Å². The number of nitrogens with zero attached hydrogens (tertiary/aromatic N) is 6. The highest BCUT2D eigenvalue weighted by Gasteiger charge is 2.14. The maximum absolute atomic E-state index is 4.48. The number of hydrogen-bond donors (Lipinski definition) is 1. The normalized spacial score (nSPS) is 12.2. The Balaban J connectivity index is 2.21. The lowest BCUT2D eigenvalue weighted by atomic mass is 10.3. The molecule has 0 fully saturated rings. The largest absolute Gasteiger partial charge is 0.360 e. The summed E-state index contributed by atoms with van der Waals surface area (Å²) in [5, 5.41) is 11.5. The van der Waals surface area contributed by atoms with Crippen LogP contribution in [0, 0.1) is 6.92 Å². The predicted molar refractivity (Wildman–Crippen MR) is 78.8 cm³/mol. The van der Waals surface area contributed by atoms with Gasteiger partial charge in [-0.05, 0) is 20.8 Å². The van der Waals surface area contributed by atoms with Gasteiger partial charge in [0.15, 0.2) is 5.82 Å². The van der Waals surface area contributed by atoms with Gasteiger partial charge in [-0.2, -0.15) is 4.98 Å². The second-order valence-electron chi connectivity index (χ2n) is 4.93. The molecular formula is C13H21N7. The molecule has 0 aliphatic carbocycles. The van der Waals surface area contributed by atoms with Gasteiger partial charge in [-0.15, -0.1) is 10.2 Å². The maximum atomic E-state index is 4.48. The standard InChI is InChI=1S/C13H21N7/c1-6-20-8-14-18-12(20)10(3)16-11-7-9(2)15-13(17-11)19(4)5/h7-8,10H,6H2,1-5H3,(H,15,16,17)/t10-/m1/s1. The van der Waals surface area contributed by atoms with Crippen LogP contribution < -0.4 is 10.2 Å². The second kappa shape index (κ2) is 5.85. The summed E-state index contributed by atoms with van der Waals surface area (Å²) in [6, 6.07) is 1.96. The van der Waals surface area contributed by atoms with Crippen LogP contribution in [0.4, 0.5) is 11.8 Å². The molecule has 2 rings (SSSR count). The molecule has 0 aliphatic heterocycles. The Morgan fingerprint density at radius 3 is 2.75 bits per heavy atom. The fraction of sp³-hybridized carbons (Fsp3) is 0.538. The second-order valence-corrected chi connectivity index (χ2v) is 4.93. The van der Waals surface area contributed by atoms with Crippen LogP contribution in [0.15, 0.2) is 12.4 Å². The number of nitrogens with one attached hydrogen (secondary N) is 1. The third-order valence-electron chi connectivity index (χ3n) is 2.98. The molecule has 0 spiro atoms. The molecule has 7 heteroatoms. The zero-order valence-electron chi connectivity index (χ0n) is 12.6. The zero-order chi connectivity index (χ0) is 14.7. The molecule has 0 saturated carbocycles. The highest BCUT2D eigenvalue weighted by Crippen LogP contribution is 2.18. The predicted octanol–water partition coefficient (Wildman–Crippen LogP) is 1.64. The summed E-state index contributed by atoms with van der Waals surface area (Å²) in [5.41, 5.74) is 0.926. The molecule has 1 N–H and O–H groups in total. The minimum absolute atomic E-state index is 0.0294. The third kappa shape index (κ3) is 3.04. The van der Waals surface area contributed by atoms with Crippen molar-refractivity contribution in [2.24, 2.45) is 0 Å². The molecule has 20 heavy (non-hydrogen) atoms. The Morgan fingerprint density at radius 1 is 1.35 bits per heavy atom. The summed E-state index contributed by atoms with van der Waals surface area (Å²) in [5.74, 6) is 2.38. The molecule has 0 saturated heterocycles. The van der Waals surface area contributed by atoms with Crippen LogP contribution in [0.1, 0.15) is 31.4 Å². The molecule has 7 nitrogen and oxygen atoms in total. The van der Waals surface area contributed by atoms with Gasteiger partial charge in [-0.1, -0.05) is 0 Å². The lowest BCUT2D eigenvalue weighted by Gasteiger charge is -2.17. The van der Waals surface area contributed by atoms with E-state index in [1.54, 1.807) is 6.33 Å². The molecule has 0 unspecified atom stereocenters. The monoisotopic (exact) mass is 275 g/mol. The van der Waals surface area contributed by atoms with Crippen LogP contribution in [0.2, 0.25) is 0 Å². The van der Waals surface area contributed by atoms with Gasteiger partial charge in [0.2, 0.25) is 5.95 Å². The van der Waals surface area contributed by atoms with Gasteiger partial charge >= 0.3 is 0 Å². The maximum Gasteiger partial charge on any atom is 0.226 e. The van der Waals surface area contributed by atoms with E-state index in [0.29, 0.717) is 5.95 Å². The van der Waals surface area contributed by atoms with Crippen LogP contribution in [0.25, 0.3) is 0 Å². The summed E-state index contributed by atoms with van der Waals surface area (Å²) in [4.78, 5) is 10.7. The molecule has 0 aliphatic rings. The summed E-state index contributed by atoms with van der Waals surface area (Å²) in [6.07, 6.45) is 1.74. The molecule has 2 aromatic heterocycles. The van der Waals surface area contributed by atoms with E-state index < -0.39 is 0 Å². The van der Waals surface area contributed by atoms with Gasteiger partial charge in [0.05, 0.1) is 6.04 Å². The molecule has 2 heterocycles. The minimum Gasteiger partial charge on any atom is -0.360 e. The van der Waals surface area contributed by atoms with Crippen LogP contribution in [-0.4, -0.2) is 38.8 Å². The Morgan fingerprint density at radius 2 is 2.10 bits per heavy atom. The first kappa shape index (κ1) is 14.2. The first-order valence-corrected chi connectivity index (χ1v) is 6.68. The topological polar surface area (TPSA) is 71.8 Å². The Labute approximate surface area is 119 Å². The van der Waals surface area contributed by atoms with Gasteiger partial charge in [0.25, 0.3) is 0 Å². The smallest absolute Gasteiger partial charge is 0.226 e. The summed E-state index contributed by atoms with van der Waals surface area (Å²) < 4.78 is 2.01. The van der Waals surface area contributed by atoms with Gasteiger partial charge < -0.3 is 14.8 Å². The molecule has 0 amide bonds. The SMILES string of the molecule is CCn1cnnc1[C@@H](C)Nc1cc(C)nc(N(C)C)n1. The van der Waals surface area contributed by atoms with E-state index in [9.17, 15) is 0 Å². The highest BCUT2D eigenvalue weighted by molar-refractivity contribution is 5.43. The van der Waals surface area contributed by atoms with Crippen molar-refractivity contribution in [3.05, 3.63) is 23.9 Å². The number of rotatable bonds is 5. The molecule has 108 valence electrons. The Bertz CT molecular complexity index is 576. The molecule has 0 aromatic carbocycles. The van der Waals surface area contributed by atoms with Crippen molar-refractivity contribution in [3.8, 4) is 0 Å². The van der Waals surface area contributed by atoms with Crippen molar-refractivity contribution in [1.82, 2.24) is 24.7 Å². The summed E-state index contributed by atoms with van der Waals surface area (Å²) >= 11 is 0. The van der Waals surface area contributed by atoms with Crippen molar-refractivity contribution in [1.29, 1.82) is 0 Å². The lowest BCUT2D eigenvalue weighted by Crippen LogP contribution is -2.17. The summed E-state index contributed by atoms with van der Waals surface area (Å²) in [6.45, 7) is 6.92. The average Bonchev–Trinajstić information content (AvgIpc) is 2.86. The number of anilines is 2. The first-order valence-electron chi connectivity index (χ1n) is 6.68. The molecule has 0 radical (unpaired) electrons. The van der Waals surface area contributed by atoms with Crippen LogP contribution in [0.5, 0.6) is 0 Å². The van der Waals surface area contributed by atoms with Crippen LogP contribution in [-0.2, 0) is 6.54 Å². The van der Waals surface area contributed by atoms with Gasteiger partial charge in [-0.25, -0.2) is 4.98 Å². The van der Waals surface area contributed by atoms with Crippen molar-refractivity contribution in [2.45, 2.75) is 33.4 Å². The van der Waals surface area contributed by atoms with E-state index in [4.69, 9.17) is 0 Å². The quantitative estimate of drug-likeness (QED) is 0.894. The van der Waals surface area contributed by atoms with Gasteiger partial charge in [0.1, 0.15) is 12.1 Å². The van der Waals surface area contributed by atoms with E-state index in [1.165, 1.54) is 0 Å². The average molecular weight is 275 g/mol. The fourth-order valence-corrected chi connectivity index (χ4v) is 1.96. The van der Waals surface area contributed by atoms with Crippen molar-refractivity contribution >= 4 is 11.8 Å². The number of aromatic nitrogens is 5. The van der Waals surface area contributed by atoms with Crippen molar-refractivity contribution in [3.63, 3.8) is 0 Å². The van der Waals surface area contributed by atoms with E-state index in [1.807, 2.05) is 43.5 Å². The zero-order valence-corrected chi connectivity index (χ0v) is 12.6.